The third-order valence-corrected chi connectivity index (χ3v) is 1.88. The van der Waals surface area contributed by atoms with Gasteiger partial charge in [0.15, 0.2) is 0 Å². The van der Waals surface area contributed by atoms with Crippen molar-refractivity contribution in [3.05, 3.63) is 0 Å². The molecule has 0 aliphatic carbocycles. The van der Waals surface area contributed by atoms with Gasteiger partial charge in [-0.15, -0.1) is 0 Å². The van der Waals surface area contributed by atoms with Gasteiger partial charge in [-0.05, 0) is 0 Å². The Balaban J connectivity index is 3.48. The van der Waals surface area contributed by atoms with Crippen molar-refractivity contribution in [2.75, 3.05) is 12.0 Å². The second kappa shape index (κ2) is 1.71. The van der Waals surface area contributed by atoms with Crippen molar-refractivity contribution in [3.8, 4) is 0 Å². The summed E-state index contributed by atoms with van der Waals surface area (Å²) in [5, 5.41) is 5.09. The monoisotopic (exact) mass is 109 g/mol. The van der Waals surface area contributed by atoms with Crippen LogP contribution in [0.1, 0.15) is 6.92 Å². The molecule has 0 heterocycles. The van der Waals surface area contributed by atoms with E-state index in [0.717, 1.165) is 0 Å². The van der Waals surface area contributed by atoms with Crippen LogP contribution in [0.3, 0.4) is 0 Å². The van der Waals surface area contributed by atoms with Gasteiger partial charge in [0.05, 0.1) is 0 Å². The smallest absolute Gasteiger partial charge is 0.00949 e. The van der Waals surface area contributed by atoms with E-state index in [2.05, 4.69) is 0 Å². The minimum Gasteiger partial charge on any atom is -0.274 e. The van der Waals surface area contributed by atoms with Crippen LogP contribution in [0.25, 0.3) is 0 Å². The molecule has 0 aliphatic rings. The Hall–Kier alpha value is 0.110. The molecule has 0 bridgehead atoms. The fourth-order valence-corrected chi connectivity index (χ4v) is 0. The van der Waals surface area contributed by atoms with Crippen LogP contribution in [0.4, 0.5) is 0 Å². The molecule has 0 saturated heterocycles. The lowest BCUT2D eigenvalue weighted by Gasteiger charge is -2.04. The van der Waals surface area contributed by atoms with Gasteiger partial charge in [-0.3, -0.25) is 9.35 Å². The fraction of sp³-hybridized carbons (Fsp3) is 1.00. The summed E-state index contributed by atoms with van der Waals surface area (Å²) in [6, 6.07) is 0. The van der Waals surface area contributed by atoms with Crippen LogP contribution in [0, 0.1) is 0 Å². The van der Waals surface area contributed by atoms with E-state index in [1.54, 1.807) is 6.26 Å². The summed E-state index contributed by atoms with van der Waals surface area (Å²) < 4.78 is 10.4. The minimum atomic E-state index is -2.15. The van der Waals surface area contributed by atoms with Crippen molar-refractivity contribution < 1.29 is 4.21 Å². The minimum absolute atomic E-state index is 0.604. The number of thiol groups is 1. The molecule has 0 amide bonds. The first-order chi connectivity index (χ1) is 2.56. The maximum atomic E-state index is 10.4. The van der Waals surface area contributed by atoms with Crippen molar-refractivity contribution in [2.45, 2.75) is 6.92 Å². The van der Waals surface area contributed by atoms with Crippen LogP contribution >= 0.6 is 0 Å². The summed E-state index contributed by atoms with van der Waals surface area (Å²) in [5.74, 6) is 0.604. The summed E-state index contributed by atoms with van der Waals surface area (Å²) in [6.45, 7) is 1.82. The van der Waals surface area contributed by atoms with Crippen molar-refractivity contribution in [2.24, 2.45) is 5.14 Å². The van der Waals surface area contributed by atoms with Gasteiger partial charge in [-0.2, -0.15) is 0 Å². The molecule has 0 aliphatic heterocycles. The van der Waals surface area contributed by atoms with E-state index in [1.165, 1.54) is 0 Å². The highest BCUT2D eigenvalue weighted by molar-refractivity contribution is 8.00. The summed E-state index contributed by atoms with van der Waals surface area (Å²) in [6.07, 6.45) is 1.58. The highest BCUT2D eigenvalue weighted by atomic mass is 32.3. The Morgan fingerprint density at radius 1 is 1.83 bits per heavy atom. The number of hydrogen-bond donors (Lipinski definition) is 2. The molecular weight excluding hydrogens is 98.1 g/mol. The maximum absolute atomic E-state index is 10.4. The molecule has 2 nitrogen and oxygen atoms in total. The Morgan fingerprint density at radius 3 is 2.00 bits per heavy atom. The molecule has 0 rings (SSSR count). The van der Waals surface area contributed by atoms with E-state index >= 15 is 0 Å². The van der Waals surface area contributed by atoms with E-state index < -0.39 is 10.1 Å². The van der Waals surface area contributed by atoms with Gasteiger partial charge in [0, 0.05) is 12.0 Å². The van der Waals surface area contributed by atoms with Crippen LogP contribution in [0.5, 0.6) is 0 Å². The van der Waals surface area contributed by atoms with Gasteiger partial charge >= 0.3 is 0 Å². The Bertz CT molecular complexity index is 74.9. The maximum Gasteiger partial charge on any atom is 0.00949 e. The Labute approximate surface area is 39.3 Å². The first kappa shape index (κ1) is 6.11. The molecule has 0 radical (unpaired) electrons. The predicted octanol–water partition coefficient (Wildman–Crippen LogP) is -0.473. The normalized spacial score (nSPS) is 14.5. The van der Waals surface area contributed by atoms with Gasteiger partial charge in [0.1, 0.15) is 0 Å². The van der Waals surface area contributed by atoms with E-state index in [9.17, 15) is 4.21 Å². The lowest BCUT2D eigenvalue weighted by atomic mass is 11.0. The van der Waals surface area contributed by atoms with Crippen molar-refractivity contribution in [3.63, 3.8) is 0 Å². The van der Waals surface area contributed by atoms with E-state index in [4.69, 9.17) is 5.14 Å². The van der Waals surface area contributed by atoms with E-state index in [-0.39, 0.29) is 0 Å². The van der Waals surface area contributed by atoms with Gasteiger partial charge in [0.2, 0.25) is 0 Å². The number of hydrogen-bond acceptors (Lipinski definition) is 1. The van der Waals surface area contributed by atoms with Crippen molar-refractivity contribution in [1.82, 2.24) is 0 Å². The second-order valence-electron chi connectivity index (χ2n) is 1.49. The lowest BCUT2D eigenvalue weighted by molar-refractivity contribution is 0.676. The standard InChI is InChI=1S/C3H11NOS/c1-3-6(2,4)5/h6H,3H2,1-2H3,(H2,4,5). The predicted molar refractivity (Wildman–Crippen MR) is 30.2 cm³/mol. The molecule has 0 spiro atoms. The second-order valence-corrected chi connectivity index (χ2v) is 4.47. The summed E-state index contributed by atoms with van der Waals surface area (Å²) in [4.78, 5) is 0. The topological polar surface area (TPSA) is 43.1 Å². The molecular formula is C3H11NOS. The molecule has 6 heavy (non-hydrogen) atoms. The van der Waals surface area contributed by atoms with Crippen molar-refractivity contribution >= 4 is 10.1 Å². The van der Waals surface area contributed by atoms with Crippen LogP contribution in [0.15, 0.2) is 0 Å². The fourth-order valence-electron chi connectivity index (χ4n) is 0. The summed E-state index contributed by atoms with van der Waals surface area (Å²) in [7, 11) is -2.15. The molecule has 0 unspecified atom stereocenters. The Morgan fingerprint density at radius 2 is 2.00 bits per heavy atom. The largest absolute Gasteiger partial charge is 0.274 e. The van der Waals surface area contributed by atoms with Crippen LogP contribution < -0.4 is 5.14 Å². The molecule has 3 heteroatoms. The van der Waals surface area contributed by atoms with Crippen molar-refractivity contribution in [1.29, 1.82) is 0 Å². The molecule has 0 atom stereocenters. The van der Waals surface area contributed by atoms with Crippen LogP contribution in [-0.2, 0) is 10.1 Å². The molecule has 40 valence electrons. The summed E-state index contributed by atoms with van der Waals surface area (Å²) >= 11 is 0. The van der Waals surface area contributed by atoms with E-state index in [0.29, 0.717) is 5.75 Å². The van der Waals surface area contributed by atoms with Crippen LogP contribution in [0.2, 0.25) is 0 Å². The summed E-state index contributed by atoms with van der Waals surface area (Å²) in [5.41, 5.74) is 0. The van der Waals surface area contributed by atoms with Gasteiger partial charge in [-0.25, -0.2) is 0 Å². The zero-order valence-electron chi connectivity index (χ0n) is 4.14. The third kappa shape index (κ3) is 4.11. The number of nitrogens with two attached hydrogens (primary N) is 1. The first-order valence-electron chi connectivity index (χ1n) is 1.91. The zero-order valence-corrected chi connectivity index (χ0v) is 5.03. The first-order valence-corrected chi connectivity index (χ1v) is 4.32. The molecule has 0 fully saturated rings. The molecule has 0 aromatic heterocycles. The quantitative estimate of drug-likeness (QED) is 0.439. The molecule has 0 aromatic rings. The zero-order chi connectivity index (χ0) is 5.21. The lowest BCUT2D eigenvalue weighted by Crippen LogP contribution is -2.22. The molecule has 2 N–H and O–H groups in total. The third-order valence-electron chi connectivity index (χ3n) is 0.628. The molecule has 0 saturated carbocycles. The number of rotatable bonds is 1. The van der Waals surface area contributed by atoms with Gasteiger partial charge in [-0.1, -0.05) is 17.0 Å². The van der Waals surface area contributed by atoms with Gasteiger partial charge in [0.25, 0.3) is 0 Å². The highest BCUT2D eigenvalue weighted by Crippen LogP contribution is 1.80. The van der Waals surface area contributed by atoms with Gasteiger partial charge < -0.3 is 0 Å². The Kier molecular flexibility index (Phi) is 1.74. The van der Waals surface area contributed by atoms with E-state index in [1.807, 2.05) is 6.92 Å². The highest BCUT2D eigenvalue weighted by Gasteiger charge is 1.89. The average molecular weight is 109 g/mol. The average Bonchev–Trinajstić information content (AvgIpc) is 1.35. The SMILES string of the molecule is CC[SH](C)(N)=O. The molecule has 0 aromatic carbocycles. The van der Waals surface area contributed by atoms with Crippen LogP contribution in [-0.4, -0.2) is 16.2 Å².